The molecule has 7 aromatic carbocycles. The maximum absolute atomic E-state index is 6.36. The van der Waals surface area contributed by atoms with E-state index in [1.165, 1.54) is 0 Å². The van der Waals surface area contributed by atoms with Crippen molar-refractivity contribution in [1.82, 2.24) is 58.1 Å². The van der Waals surface area contributed by atoms with Crippen LogP contribution in [0.1, 0.15) is 0 Å². The van der Waals surface area contributed by atoms with Gasteiger partial charge in [-0.2, -0.15) is 0 Å². The Labute approximate surface area is 467 Å². The van der Waals surface area contributed by atoms with Crippen LogP contribution in [0.5, 0.6) is 0 Å². The summed E-state index contributed by atoms with van der Waals surface area (Å²) >= 11 is 0. The summed E-state index contributed by atoms with van der Waals surface area (Å²) in [5.41, 5.74) is 13.5. The fourth-order valence-electron chi connectivity index (χ4n) is 12.6. The summed E-state index contributed by atoms with van der Waals surface area (Å²) in [5, 5.41) is 8.16. The van der Waals surface area contributed by atoms with E-state index in [-0.39, 0.29) is 0 Å². The van der Waals surface area contributed by atoms with Crippen molar-refractivity contribution in [3.63, 3.8) is 0 Å². The monoisotopic (exact) mass is 1050 g/mol. The van der Waals surface area contributed by atoms with E-state index in [1.807, 2.05) is 110 Å². The first-order chi connectivity index (χ1) is 40.7. The Bertz CT molecular complexity index is 4900. The van der Waals surface area contributed by atoms with Gasteiger partial charge in [0.15, 0.2) is 29.1 Å². The molecule has 10 aromatic heterocycles. The first kappa shape index (κ1) is 45.5. The zero-order chi connectivity index (χ0) is 53.8. The fourth-order valence-corrected chi connectivity index (χ4v) is 12.6. The van der Waals surface area contributed by atoms with Gasteiger partial charge in [0.05, 0.1) is 44.1 Å². The van der Waals surface area contributed by atoms with Gasteiger partial charge in [0, 0.05) is 115 Å². The largest absolute Gasteiger partial charge is 0.305 e. The molecule has 0 radical (unpaired) electrons. The van der Waals surface area contributed by atoms with Gasteiger partial charge in [0.25, 0.3) is 0 Å². The molecule has 10 heterocycles. The van der Waals surface area contributed by atoms with Gasteiger partial charge < -0.3 is 9.13 Å². The predicted octanol–water partition coefficient (Wildman–Crippen LogP) is 15.9. The summed E-state index contributed by atoms with van der Waals surface area (Å²) < 4.78 is 9.47. The molecule has 0 saturated heterocycles. The molecule has 0 spiro atoms. The van der Waals surface area contributed by atoms with E-state index >= 15 is 0 Å². The minimum atomic E-state index is 0.504. The van der Waals surface area contributed by atoms with Crippen molar-refractivity contribution in [2.45, 2.75) is 0 Å². The van der Waals surface area contributed by atoms with Crippen LogP contribution in [-0.2, 0) is 0 Å². The maximum Gasteiger partial charge on any atom is 0.165 e. The molecule has 17 aromatic rings. The number of para-hydroxylation sites is 4. The van der Waals surface area contributed by atoms with Gasteiger partial charge in [-0.05, 0) is 54.1 Å². The maximum atomic E-state index is 6.36. The van der Waals surface area contributed by atoms with E-state index in [1.54, 1.807) is 0 Å². The molecule has 0 atom stereocenters. The number of hydrogen-bond donors (Lipinski definition) is 0. The van der Waals surface area contributed by atoms with Crippen molar-refractivity contribution in [2.75, 3.05) is 0 Å². The molecule has 0 unspecified atom stereocenters. The number of pyridine rings is 5. The third-order valence-corrected chi connectivity index (χ3v) is 16.0. The van der Waals surface area contributed by atoms with Gasteiger partial charge in [0.1, 0.15) is 11.4 Å². The van der Waals surface area contributed by atoms with Crippen molar-refractivity contribution in [1.29, 1.82) is 0 Å². The van der Waals surface area contributed by atoms with Gasteiger partial charge >= 0.3 is 0 Å². The summed E-state index contributed by atoms with van der Waals surface area (Å²) in [6.07, 6.45) is 15.4. The molecule has 0 amide bonds. The number of aromatic nitrogens is 12. The Kier molecular flexibility index (Phi) is 10.0. The lowest BCUT2D eigenvalue weighted by Crippen LogP contribution is -2.16. The van der Waals surface area contributed by atoms with Gasteiger partial charge in [-0.15, -0.1) is 0 Å². The standard InChI is InChI=1S/C70H42N12/c1-3-17-43(18-4-1)66-75-67(44-19-5-2-6-20-44)77-68(76-66)50-26-8-7-25-49(50)63-64(79-55-27-13-9-21-45(55)51-39-71-35-31-59(51)79)69(81-57-29-15-11-23-47(57)53-41-73-37-33-61(53)81)78-70(82-58-30-16-12-24-48(58)54-42-74-38-34-62(54)82)65(63)80-56-28-14-10-22-46(56)52-40-72-36-32-60(52)80/h1-42H. The molecule has 0 fully saturated rings. The Morgan fingerprint density at radius 3 is 0.939 bits per heavy atom. The Morgan fingerprint density at radius 2 is 0.537 bits per heavy atom. The molecule has 12 nitrogen and oxygen atoms in total. The molecule has 0 aliphatic rings. The van der Waals surface area contributed by atoms with Crippen LogP contribution in [0.4, 0.5) is 0 Å². The van der Waals surface area contributed by atoms with E-state index in [4.69, 9.17) is 39.9 Å². The minimum absolute atomic E-state index is 0.504. The molecular formula is C70H42N12. The first-order valence-electron chi connectivity index (χ1n) is 27.1. The molecule has 0 N–H and O–H groups in total. The van der Waals surface area contributed by atoms with Crippen molar-refractivity contribution >= 4 is 87.2 Å². The van der Waals surface area contributed by atoms with Crippen LogP contribution < -0.4 is 0 Å². The highest BCUT2D eigenvalue weighted by molar-refractivity contribution is 6.16. The van der Waals surface area contributed by atoms with Gasteiger partial charge in [0.2, 0.25) is 0 Å². The molecule has 0 aliphatic heterocycles. The van der Waals surface area contributed by atoms with Crippen LogP contribution >= 0.6 is 0 Å². The van der Waals surface area contributed by atoms with Crippen molar-refractivity contribution in [3.8, 4) is 68.3 Å². The Hall–Kier alpha value is -11.5. The zero-order valence-corrected chi connectivity index (χ0v) is 43.6. The highest BCUT2D eigenvalue weighted by Gasteiger charge is 2.34. The summed E-state index contributed by atoms with van der Waals surface area (Å²) in [6.45, 7) is 0. The molecule has 82 heavy (non-hydrogen) atoms. The number of fused-ring (bicyclic) bond motifs is 12. The SMILES string of the molecule is c1ccc(-c2nc(-c3ccccc3)nc(-c3ccccc3-c3c(-n4c5ccccc5c5cnccc54)c(-n4c5ccccc5c5cnccc54)nc(-n4c5ccccc5c5cnccc54)c3-n3c4ccccc4c4cnccc43)n2)cc1. The molecule has 0 aliphatic carbocycles. The van der Waals surface area contributed by atoms with E-state index in [2.05, 4.69) is 164 Å². The summed E-state index contributed by atoms with van der Waals surface area (Å²) in [5.74, 6) is 2.96. The average molecular weight is 1050 g/mol. The van der Waals surface area contributed by atoms with Crippen molar-refractivity contribution in [2.24, 2.45) is 0 Å². The lowest BCUT2D eigenvalue weighted by atomic mass is 9.95. The van der Waals surface area contributed by atoms with Crippen LogP contribution in [-0.4, -0.2) is 58.1 Å². The second-order valence-electron chi connectivity index (χ2n) is 20.4. The van der Waals surface area contributed by atoms with Crippen LogP contribution in [0.25, 0.3) is 156 Å². The highest BCUT2D eigenvalue weighted by atomic mass is 15.2. The molecule has 17 rings (SSSR count). The van der Waals surface area contributed by atoms with E-state index in [0.29, 0.717) is 29.1 Å². The highest BCUT2D eigenvalue weighted by Crippen LogP contribution is 2.50. The molecule has 0 saturated carbocycles. The molecule has 12 heteroatoms. The Morgan fingerprint density at radius 1 is 0.232 bits per heavy atom. The van der Waals surface area contributed by atoms with Crippen molar-refractivity contribution < 1.29 is 0 Å². The Balaban J connectivity index is 1.17. The summed E-state index contributed by atoms with van der Waals surface area (Å²) in [4.78, 5) is 41.6. The van der Waals surface area contributed by atoms with Gasteiger partial charge in [-0.3, -0.25) is 29.1 Å². The van der Waals surface area contributed by atoms with Crippen molar-refractivity contribution in [3.05, 3.63) is 256 Å². The lowest BCUT2D eigenvalue weighted by Gasteiger charge is -2.27. The molecule has 0 bridgehead atoms. The third kappa shape index (κ3) is 6.72. The van der Waals surface area contributed by atoms with Gasteiger partial charge in [-0.25, -0.2) is 19.9 Å². The first-order valence-corrected chi connectivity index (χ1v) is 27.1. The minimum Gasteiger partial charge on any atom is -0.305 e. The molecular weight excluding hydrogens is 1010 g/mol. The van der Waals surface area contributed by atoms with E-state index in [0.717, 1.165) is 126 Å². The third-order valence-electron chi connectivity index (χ3n) is 16.0. The number of rotatable bonds is 8. The van der Waals surface area contributed by atoms with Crippen LogP contribution in [0.2, 0.25) is 0 Å². The fraction of sp³-hybridized carbons (Fsp3) is 0. The summed E-state index contributed by atoms with van der Waals surface area (Å²) in [7, 11) is 0. The van der Waals surface area contributed by atoms with E-state index < -0.39 is 0 Å². The second-order valence-corrected chi connectivity index (χ2v) is 20.4. The van der Waals surface area contributed by atoms with Crippen LogP contribution in [0, 0.1) is 0 Å². The van der Waals surface area contributed by atoms with E-state index in [9.17, 15) is 0 Å². The predicted molar refractivity (Wildman–Crippen MR) is 328 cm³/mol. The van der Waals surface area contributed by atoms with Crippen LogP contribution in [0.15, 0.2) is 256 Å². The topological polar surface area (TPSA) is 123 Å². The second kappa shape index (κ2) is 18.0. The van der Waals surface area contributed by atoms with Crippen LogP contribution in [0.3, 0.4) is 0 Å². The normalized spacial score (nSPS) is 11.9. The lowest BCUT2D eigenvalue weighted by molar-refractivity contribution is 0.960. The average Bonchev–Trinajstić information content (AvgIpc) is 1.80. The number of hydrogen-bond acceptors (Lipinski definition) is 8. The van der Waals surface area contributed by atoms with Gasteiger partial charge in [-0.1, -0.05) is 158 Å². The summed E-state index contributed by atoms with van der Waals surface area (Å²) in [6, 6.07) is 71.6. The quantitative estimate of drug-likeness (QED) is 0.147. The zero-order valence-electron chi connectivity index (χ0n) is 43.6. The number of benzene rings is 7. The molecule has 382 valence electrons. The smallest absolute Gasteiger partial charge is 0.165 e. The number of nitrogens with zero attached hydrogens (tertiary/aromatic N) is 12.